The molecule has 0 fully saturated rings. The van der Waals surface area contributed by atoms with Crippen LogP contribution >= 0.6 is 23.2 Å². The van der Waals surface area contributed by atoms with Crippen molar-refractivity contribution in [3.63, 3.8) is 0 Å². The number of pyridine rings is 1. The SMILES string of the molecule is Cc1cc(C(O)C(N)c2ccc(Cl)c(Cl)c2)ccc1-c1cncc(F)c1. The first-order valence-electron chi connectivity index (χ1n) is 7.97. The topological polar surface area (TPSA) is 59.1 Å². The molecule has 0 bridgehead atoms. The van der Waals surface area contributed by atoms with E-state index >= 15 is 0 Å². The van der Waals surface area contributed by atoms with Gasteiger partial charge in [-0.05, 0) is 47.4 Å². The Hall–Kier alpha value is -1.98. The standard InChI is InChI=1S/C20H17Cl2FN2O/c1-11-6-13(2-4-16(11)14-7-15(23)10-25-9-14)20(26)19(24)12-3-5-17(21)18(22)8-12/h2-10,19-20,26H,24H2,1H3. The zero-order valence-corrected chi connectivity index (χ0v) is 15.5. The molecule has 0 amide bonds. The van der Waals surface area contributed by atoms with Crippen LogP contribution < -0.4 is 5.73 Å². The maximum absolute atomic E-state index is 13.4. The summed E-state index contributed by atoms with van der Waals surface area (Å²) < 4.78 is 13.4. The van der Waals surface area contributed by atoms with Gasteiger partial charge in [0.05, 0.1) is 28.4 Å². The molecule has 0 aliphatic carbocycles. The summed E-state index contributed by atoms with van der Waals surface area (Å²) in [7, 11) is 0. The number of nitrogens with zero attached hydrogens (tertiary/aromatic N) is 1. The molecule has 3 nitrogen and oxygen atoms in total. The lowest BCUT2D eigenvalue weighted by atomic mass is 9.93. The average molecular weight is 391 g/mol. The second-order valence-corrected chi connectivity index (χ2v) is 6.92. The molecule has 134 valence electrons. The van der Waals surface area contributed by atoms with Gasteiger partial charge in [0, 0.05) is 11.8 Å². The quantitative estimate of drug-likeness (QED) is 0.640. The molecule has 2 unspecified atom stereocenters. The molecule has 3 N–H and O–H groups in total. The molecule has 0 aliphatic heterocycles. The van der Waals surface area contributed by atoms with Crippen molar-refractivity contribution in [2.75, 3.05) is 0 Å². The van der Waals surface area contributed by atoms with Gasteiger partial charge in [-0.25, -0.2) is 4.39 Å². The van der Waals surface area contributed by atoms with Gasteiger partial charge in [0.1, 0.15) is 5.82 Å². The van der Waals surface area contributed by atoms with Crippen molar-refractivity contribution in [3.8, 4) is 11.1 Å². The van der Waals surface area contributed by atoms with E-state index in [4.69, 9.17) is 28.9 Å². The minimum absolute atomic E-state index is 0.386. The summed E-state index contributed by atoms with van der Waals surface area (Å²) in [6.45, 7) is 1.89. The highest BCUT2D eigenvalue weighted by molar-refractivity contribution is 6.42. The van der Waals surface area contributed by atoms with Crippen LogP contribution in [-0.4, -0.2) is 10.1 Å². The van der Waals surface area contributed by atoms with E-state index in [-0.39, 0.29) is 0 Å². The van der Waals surface area contributed by atoms with Gasteiger partial charge in [0.25, 0.3) is 0 Å². The molecule has 0 radical (unpaired) electrons. The molecule has 1 heterocycles. The van der Waals surface area contributed by atoms with E-state index in [0.29, 0.717) is 26.7 Å². The van der Waals surface area contributed by atoms with Crippen LogP contribution in [0.25, 0.3) is 11.1 Å². The van der Waals surface area contributed by atoms with E-state index in [2.05, 4.69) is 4.98 Å². The molecule has 1 aromatic heterocycles. The first kappa shape index (κ1) is 18.8. The second kappa shape index (κ2) is 7.72. The lowest BCUT2D eigenvalue weighted by Gasteiger charge is -2.21. The summed E-state index contributed by atoms with van der Waals surface area (Å²) >= 11 is 12.0. The van der Waals surface area contributed by atoms with Gasteiger partial charge in [0.2, 0.25) is 0 Å². The third-order valence-electron chi connectivity index (χ3n) is 4.28. The van der Waals surface area contributed by atoms with Crippen molar-refractivity contribution in [3.05, 3.63) is 87.4 Å². The second-order valence-electron chi connectivity index (χ2n) is 6.11. The molecule has 26 heavy (non-hydrogen) atoms. The van der Waals surface area contributed by atoms with Crippen molar-refractivity contribution in [2.24, 2.45) is 5.73 Å². The van der Waals surface area contributed by atoms with Gasteiger partial charge in [0.15, 0.2) is 0 Å². The average Bonchev–Trinajstić information content (AvgIpc) is 2.62. The monoisotopic (exact) mass is 390 g/mol. The van der Waals surface area contributed by atoms with E-state index in [1.54, 1.807) is 30.5 Å². The molecule has 6 heteroatoms. The number of nitrogens with two attached hydrogens (primary N) is 1. The fourth-order valence-corrected chi connectivity index (χ4v) is 3.17. The predicted molar refractivity (Wildman–Crippen MR) is 103 cm³/mol. The lowest BCUT2D eigenvalue weighted by Crippen LogP contribution is -2.19. The van der Waals surface area contributed by atoms with Crippen LogP contribution in [0.4, 0.5) is 4.39 Å². The Kier molecular flexibility index (Phi) is 5.58. The Balaban J connectivity index is 1.89. The molecule has 2 aromatic carbocycles. The van der Waals surface area contributed by atoms with E-state index in [1.165, 1.54) is 6.07 Å². The summed E-state index contributed by atoms with van der Waals surface area (Å²) in [5.74, 6) is -0.396. The number of aliphatic hydroxyl groups is 1. The summed E-state index contributed by atoms with van der Waals surface area (Å²) in [6.07, 6.45) is 1.83. The van der Waals surface area contributed by atoms with Crippen molar-refractivity contribution in [1.29, 1.82) is 0 Å². The first-order valence-corrected chi connectivity index (χ1v) is 8.72. The Bertz CT molecular complexity index is 949. The van der Waals surface area contributed by atoms with E-state index in [9.17, 15) is 9.50 Å². The fourth-order valence-electron chi connectivity index (χ4n) is 2.86. The highest BCUT2D eigenvalue weighted by Crippen LogP contribution is 2.33. The Morgan fingerprint density at radius 2 is 1.73 bits per heavy atom. The van der Waals surface area contributed by atoms with E-state index in [1.807, 2.05) is 19.1 Å². The minimum Gasteiger partial charge on any atom is -0.386 e. The van der Waals surface area contributed by atoms with Crippen LogP contribution in [0.3, 0.4) is 0 Å². The summed E-state index contributed by atoms with van der Waals surface area (Å²) in [6, 6.07) is 11.2. The smallest absolute Gasteiger partial charge is 0.142 e. The number of benzene rings is 2. The van der Waals surface area contributed by atoms with Crippen LogP contribution in [0.5, 0.6) is 0 Å². The molecular weight excluding hydrogens is 374 g/mol. The van der Waals surface area contributed by atoms with Gasteiger partial charge < -0.3 is 10.8 Å². The van der Waals surface area contributed by atoms with Crippen LogP contribution in [0.15, 0.2) is 54.9 Å². The number of halogens is 3. The molecule has 0 saturated heterocycles. The van der Waals surface area contributed by atoms with E-state index < -0.39 is 18.0 Å². The first-order chi connectivity index (χ1) is 12.4. The largest absolute Gasteiger partial charge is 0.386 e. The number of aryl methyl sites for hydroxylation is 1. The molecule has 3 rings (SSSR count). The van der Waals surface area contributed by atoms with E-state index in [0.717, 1.165) is 17.3 Å². The Morgan fingerprint density at radius 3 is 2.38 bits per heavy atom. The van der Waals surface area contributed by atoms with Crippen molar-refractivity contribution < 1.29 is 9.50 Å². The third-order valence-corrected chi connectivity index (χ3v) is 5.02. The molecule has 0 aliphatic rings. The number of aromatic nitrogens is 1. The van der Waals surface area contributed by atoms with Crippen molar-refractivity contribution in [2.45, 2.75) is 19.1 Å². The van der Waals surface area contributed by atoms with Crippen LogP contribution in [-0.2, 0) is 0 Å². The molecule has 3 aromatic rings. The Labute approximate surface area is 161 Å². The molecule has 0 spiro atoms. The summed E-state index contributed by atoms with van der Waals surface area (Å²) in [5.41, 5.74) is 9.95. The summed E-state index contributed by atoms with van der Waals surface area (Å²) in [5, 5.41) is 11.5. The Morgan fingerprint density at radius 1 is 1.00 bits per heavy atom. The number of hydrogen-bond acceptors (Lipinski definition) is 3. The predicted octanol–water partition coefficient (Wildman–Crippen LogP) is 5.24. The minimum atomic E-state index is -0.925. The van der Waals surface area contributed by atoms with Gasteiger partial charge >= 0.3 is 0 Å². The lowest BCUT2D eigenvalue weighted by molar-refractivity contribution is 0.147. The fraction of sp³-hybridized carbons (Fsp3) is 0.150. The maximum Gasteiger partial charge on any atom is 0.142 e. The summed E-state index contributed by atoms with van der Waals surface area (Å²) in [4.78, 5) is 3.87. The van der Waals surface area contributed by atoms with Crippen LogP contribution in [0.2, 0.25) is 10.0 Å². The van der Waals surface area contributed by atoms with Gasteiger partial charge in [-0.1, -0.05) is 47.5 Å². The number of aliphatic hydroxyl groups excluding tert-OH is 1. The highest BCUT2D eigenvalue weighted by Gasteiger charge is 2.20. The van der Waals surface area contributed by atoms with Gasteiger partial charge in [-0.2, -0.15) is 0 Å². The molecule has 0 saturated carbocycles. The third kappa shape index (κ3) is 3.89. The number of rotatable bonds is 4. The van der Waals surface area contributed by atoms with Gasteiger partial charge in [-0.15, -0.1) is 0 Å². The van der Waals surface area contributed by atoms with Gasteiger partial charge in [-0.3, -0.25) is 4.98 Å². The normalized spacial score (nSPS) is 13.5. The zero-order chi connectivity index (χ0) is 18.8. The highest BCUT2D eigenvalue weighted by atomic mass is 35.5. The van der Waals surface area contributed by atoms with Crippen LogP contribution in [0.1, 0.15) is 28.8 Å². The molecule has 2 atom stereocenters. The van der Waals surface area contributed by atoms with Crippen LogP contribution in [0, 0.1) is 12.7 Å². The van der Waals surface area contributed by atoms with Crippen molar-refractivity contribution >= 4 is 23.2 Å². The van der Waals surface area contributed by atoms with Crippen molar-refractivity contribution in [1.82, 2.24) is 4.98 Å². The molecular formula is C20H17Cl2FN2O. The number of hydrogen-bond donors (Lipinski definition) is 2. The maximum atomic E-state index is 13.4. The zero-order valence-electron chi connectivity index (χ0n) is 14.0.